The molecule has 2 aromatic carbocycles. The van der Waals surface area contributed by atoms with Gasteiger partial charge in [0.25, 0.3) is 0 Å². The molecular weight excluding hydrogens is 370 g/mol. The Morgan fingerprint density at radius 1 is 1.00 bits per heavy atom. The summed E-state index contributed by atoms with van der Waals surface area (Å²) >= 11 is 0. The van der Waals surface area contributed by atoms with Crippen LogP contribution in [0.2, 0.25) is 0 Å². The monoisotopic (exact) mass is 393 g/mol. The van der Waals surface area contributed by atoms with E-state index in [1.807, 2.05) is 25.1 Å². The molecule has 26 heavy (non-hydrogen) atoms. The van der Waals surface area contributed by atoms with Crippen LogP contribution in [0.25, 0.3) is 0 Å². The van der Waals surface area contributed by atoms with Crippen molar-refractivity contribution >= 4 is 19.9 Å². The molecule has 0 aromatic heterocycles. The zero-order valence-corrected chi connectivity index (χ0v) is 16.3. The molecule has 1 unspecified atom stereocenters. The van der Waals surface area contributed by atoms with Crippen LogP contribution in [0.1, 0.15) is 24.0 Å². The van der Waals surface area contributed by atoms with Crippen LogP contribution in [-0.4, -0.2) is 39.5 Å². The number of hydrogen-bond donors (Lipinski definition) is 0. The summed E-state index contributed by atoms with van der Waals surface area (Å²) in [7, 11) is -7.09. The molecule has 140 valence electrons. The number of aryl methyl sites for hydroxylation is 1. The fourth-order valence-corrected chi connectivity index (χ4v) is 6.93. The first-order valence-electron chi connectivity index (χ1n) is 8.61. The SMILES string of the molecule is Cc1cccc(CS(=O)(=O)N2CCCC2CS(=O)(=O)c2ccccc2)c1. The molecule has 0 spiro atoms. The van der Waals surface area contributed by atoms with Gasteiger partial charge in [0, 0.05) is 12.6 Å². The summed E-state index contributed by atoms with van der Waals surface area (Å²) in [5, 5.41) is 0. The molecule has 0 bridgehead atoms. The first-order chi connectivity index (χ1) is 12.3. The van der Waals surface area contributed by atoms with Crippen molar-refractivity contribution in [2.75, 3.05) is 12.3 Å². The number of nitrogens with zero attached hydrogens (tertiary/aromatic N) is 1. The molecule has 5 nitrogen and oxygen atoms in total. The average Bonchev–Trinajstić information content (AvgIpc) is 3.04. The maximum Gasteiger partial charge on any atom is 0.218 e. The van der Waals surface area contributed by atoms with E-state index in [0.717, 1.165) is 11.1 Å². The normalized spacial score (nSPS) is 18.9. The van der Waals surface area contributed by atoms with E-state index in [1.54, 1.807) is 36.4 Å². The second-order valence-corrected chi connectivity index (χ2v) is 10.7. The lowest BCUT2D eigenvalue weighted by atomic mass is 10.2. The van der Waals surface area contributed by atoms with E-state index in [1.165, 1.54) is 4.31 Å². The smallest absolute Gasteiger partial charge is 0.218 e. The van der Waals surface area contributed by atoms with Crippen molar-refractivity contribution < 1.29 is 16.8 Å². The second kappa shape index (κ2) is 7.50. The Kier molecular flexibility index (Phi) is 5.50. The van der Waals surface area contributed by atoms with E-state index >= 15 is 0 Å². The lowest BCUT2D eigenvalue weighted by Crippen LogP contribution is -2.40. The van der Waals surface area contributed by atoms with Gasteiger partial charge in [-0.1, -0.05) is 48.0 Å². The van der Waals surface area contributed by atoms with E-state index in [2.05, 4.69) is 0 Å². The van der Waals surface area contributed by atoms with Crippen molar-refractivity contribution in [1.29, 1.82) is 0 Å². The van der Waals surface area contributed by atoms with Gasteiger partial charge in [0.05, 0.1) is 16.4 Å². The van der Waals surface area contributed by atoms with Crippen LogP contribution in [0.4, 0.5) is 0 Å². The van der Waals surface area contributed by atoms with E-state index in [-0.39, 0.29) is 16.4 Å². The molecule has 2 aromatic rings. The third-order valence-electron chi connectivity index (χ3n) is 4.63. The standard InChI is InChI=1S/C19H23NO4S2/c1-16-7-5-8-17(13-16)14-26(23,24)20-12-6-9-18(20)15-25(21,22)19-10-3-2-4-11-19/h2-5,7-8,10-11,13,18H,6,9,12,14-15H2,1H3. The van der Waals surface area contributed by atoms with Crippen molar-refractivity contribution in [3.63, 3.8) is 0 Å². The lowest BCUT2D eigenvalue weighted by molar-refractivity contribution is 0.407. The summed E-state index contributed by atoms with van der Waals surface area (Å²) in [4.78, 5) is 0.239. The number of hydrogen-bond acceptors (Lipinski definition) is 4. The minimum absolute atomic E-state index is 0.101. The highest BCUT2D eigenvalue weighted by molar-refractivity contribution is 7.91. The third-order valence-corrected chi connectivity index (χ3v) is 8.33. The fraction of sp³-hybridized carbons (Fsp3) is 0.368. The van der Waals surface area contributed by atoms with Crippen LogP contribution in [0.5, 0.6) is 0 Å². The summed E-state index contributed by atoms with van der Waals surface area (Å²) < 4.78 is 52.4. The highest BCUT2D eigenvalue weighted by Gasteiger charge is 2.37. The molecular formula is C19H23NO4S2. The van der Waals surface area contributed by atoms with E-state index in [0.29, 0.717) is 19.4 Å². The number of sulfone groups is 1. The first-order valence-corrected chi connectivity index (χ1v) is 11.9. The lowest BCUT2D eigenvalue weighted by Gasteiger charge is -2.24. The molecule has 1 heterocycles. The van der Waals surface area contributed by atoms with Gasteiger partial charge in [0.15, 0.2) is 9.84 Å². The summed E-state index contributed by atoms with van der Waals surface area (Å²) in [5.41, 5.74) is 1.73. The van der Waals surface area contributed by atoms with Gasteiger partial charge in [0.2, 0.25) is 10.0 Å². The Morgan fingerprint density at radius 3 is 2.42 bits per heavy atom. The average molecular weight is 394 g/mol. The van der Waals surface area contributed by atoms with Gasteiger partial charge in [-0.05, 0) is 37.5 Å². The molecule has 1 saturated heterocycles. The van der Waals surface area contributed by atoms with Gasteiger partial charge in [-0.25, -0.2) is 16.8 Å². The molecule has 1 aliphatic heterocycles. The Labute approximate surface area is 155 Å². The number of sulfonamides is 1. The van der Waals surface area contributed by atoms with Gasteiger partial charge in [-0.2, -0.15) is 4.31 Å². The van der Waals surface area contributed by atoms with Crippen LogP contribution in [0, 0.1) is 6.92 Å². The molecule has 3 rings (SSSR count). The molecule has 0 N–H and O–H groups in total. The van der Waals surface area contributed by atoms with Crippen molar-refractivity contribution in [2.24, 2.45) is 0 Å². The molecule has 7 heteroatoms. The molecule has 0 amide bonds. The molecule has 0 aliphatic carbocycles. The van der Waals surface area contributed by atoms with Crippen LogP contribution < -0.4 is 0 Å². The minimum atomic E-state index is -3.56. The van der Waals surface area contributed by atoms with E-state index in [4.69, 9.17) is 0 Å². The van der Waals surface area contributed by atoms with Gasteiger partial charge < -0.3 is 0 Å². The highest BCUT2D eigenvalue weighted by atomic mass is 32.2. The van der Waals surface area contributed by atoms with Gasteiger partial charge in [-0.15, -0.1) is 0 Å². The molecule has 1 fully saturated rings. The maximum absolute atomic E-state index is 12.9. The Bertz CT molecular complexity index is 970. The van der Waals surface area contributed by atoms with Crippen LogP contribution in [0.3, 0.4) is 0 Å². The van der Waals surface area contributed by atoms with Crippen molar-refractivity contribution in [3.8, 4) is 0 Å². The molecule has 1 aliphatic rings. The van der Waals surface area contributed by atoms with Gasteiger partial charge >= 0.3 is 0 Å². The van der Waals surface area contributed by atoms with Crippen LogP contribution >= 0.6 is 0 Å². The largest absolute Gasteiger partial charge is 0.224 e. The fourth-order valence-electron chi connectivity index (χ4n) is 3.41. The zero-order valence-electron chi connectivity index (χ0n) is 14.7. The van der Waals surface area contributed by atoms with E-state index < -0.39 is 25.9 Å². The summed E-state index contributed by atoms with van der Waals surface area (Å²) in [5.74, 6) is -0.277. The topological polar surface area (TPSA) is 71.5 Å². The summed E-state index contributed by atoms with van der Waals surface area (Å²) in [6.07, 6.45) is 1.25. The van der Waals surface area contributed by atoms with Crippen molar-refractivity contribution in [2.45, 2.75) is 36.5 Å². The predicted molar refractivity (Wildman–Crippen MR) is 102 cm³/mol. The van der Waals surface area contributed by atoms with Crippen molar-refractivity contribution in [1.82, 2.24) is 4.31 Å². The Morgan fingerprint density at radius 2 is 1.73 bits per heavy atom. The van der Waals surface area contributed by atoms with Crippen molar-refractivity contribution in [3.05, 3.63) is 65.7 Å². The third kappa shape index (κ3) is 4.34. The van der Waals surface area contributed by atoms with Gasteiger partial charge in [0.1, 0.15) is 0 Å². The molecule has 0 saturated carbocycles. The maximum atomic E-state index is 12.9. The number of benzene rings is 2. The number of rotatable bonds is 6. The molecule has 1 atom stereocenters. The minimum Gasteiger partial charge on any atom is -0.224 e. The van der Waals surface area contributed by atoms with Crippen LogP contribution in [0.15, 0.2) is 59.5 Å². The zero-order chi connectivity index (χ0) is 18.8. The quantitative estimate of drug-likeness (QED) is 0.757. The molecule has 0 radical (unpaired) electrons. The summed E-state index contributed by atoms with van der Waals surface area (Å²) in [6.45, 7) is 2.30. The Balaban J connectivity index is 1.79. The van der Waals surface area contributed by atoms with Crippen LogP contribution in [-0.2, 0) is 25.6 Å². The Hall–Kier alpha value is -1.70. The predicted octanol–water partition coefficient (Wildman–Crippen LogP) is 2.76. The summed E-state index contributed by atoms with van der Waals surface area (Å²) in [6, 6.07) is 15.1. The van der Waals surface area contributed by atoms with E-state index in [9.17, 15) is 16.8 Å². The van der Waals surface area contributed by atoms with Gasteiger partial charge in [-0.3, -0.25) is 0 Å². The second-order valence-electron chi connectivity index (χ2n) is 6.75. The highest BCUT2D eigenvalue weighted by Crippen LogP contribution is 2.26. The first kappa shape index (κ1) is 19.1.